The Morgan fingerprint density at radius 1 is 1.64 bits per heavy atom. The topological polar surface area (TPSA) is 59.9 Å². The van der Waals surface area contributed by atoms with Gasteiger partial charge in [-0.3, -0.25) is 0 Å². The van der Waals surface area contributed by atoms with E-state index < -0.39 is 9.84 Å². The molecule has 0 unspecified atom stereocenters. The second-order valence-electron chi connectivity index (χ2n) is 2.12. The van der Waals surface area contributed by atoms with Crippen LogP contribution >= 0.6 is 11.5 Å². The average Bonchev–Trinajstić information content (AvgIpc) is 2.10. The molecule has 11 heavy (non-hydrogen) atoms. The fourth-order valence-corrected chi connectivity index (χ4v) is 2.23. The number of hydrogen-bond donors (Lipinski definition) is 0. The average molecular weight is 191 g/mol. The van der Waals surface area contributed by atoms with Gasteiger partial charge < -0.3 is 0 Å². The number of sulfone groups is 1. The van der Waals surface area contributed by atoms with Gasteiger partial charge >= 0.3 is 0 Å². The summed E-state index contributed by atoms with van der Waals surface area (Å²) in [5.74, 6) is 0.493. The van der Waals surface area contributed by atoms with Gasteiger partial charge in [0.15, 0.2) is 9.84 Å². The highest BCUT2D eigenvalue weighted by Crippen LogP contribution is 2.07. The van der Waals surface area contributed by atoms with E-state index in [0.717, 1.165) is 11.5 Å². The van der Waals surface area contributed by atoms with E-state index in [2.05, 4.69) is 15.6 Å². The van der Waals surface area contributed by atoms with Crippen LogP contribution in [0.25, 0.3) is 0 Å². The van der Waals surface area contributed by atoms with Gasteiger partial charge in [0.05, 0.1) is 6.26 Å². The molecule has 61 valence electrons. The first-order valence-electron chi connectivity index (χ1n) is 2.82. The summed E-state index contributed by atoms with van der Waals surface area (Å²) in [7, 11) is -3.21. The molecule has 0 aliphatic heterocycles. The van der Waals surface area contributed by atoms with Gasteiger partial charge in [-0.1, -0.05) is 0 Å². The largest absolute Gasteiger partial charge is 0.228 e. The third kappa shape index (κ3) is 2.94. The number of aromatic nitrogens is 2. The van der Waals surface area contributed by atoms with E-state index in [1.165, 1.54) is 0 Å². The molecular weight excluding hydrogens is 184 g/mol. The lowest BCUT2D eigenvalue weighted by molar-refractivity contribution is 0.603. The van der Waals surface area contributed by atoms with E-state index in [-0.39, 0.29) is 5.75 Å². The van der Waals surface area contributed by atoms with Gasteiger partial charge in [-0.25, -0.2) is 13.4 Å². The molecular formula is C5H7N2O2S2. The van der Waals surface area contributed by atoms with E-state index >= 15 is 0 Å². The Hall–Kier alpha value is -0.490. The van der Waals surface area contributed by atoms with Crippen molar-refractivity contribution in [3.63, 3.8) is 0 Å². The van der Waals surface area contributed by atoms with Gasteiger partial charge in [0.1, 0.15) is 16.6 Å². The van der Waals surface area contributed by atoms with Crippen molar-refractivity contribution < 1.29 is 8.42 Å². The minimum Gasteiger partial charge on any atom is -0.228 e. The number of hydrogen-bond acceptors (Lipinski definition) is 5. The molecule has 4 nitrogen and oxygen atoms in total. The summed E-state index contributed by atoms with van der Waals surface area (Å²) in [5.41, 5.74) is 0. The van der Waals surface area contributed by atoms with E-state index in [0.29, 0.717) is 10.8 Å². The Kier molecular flexibility index (Phi) is 2.24. The molecule has 0 saturated heterocycles. The summed E-state index contributed by atoms with van der Waals surface area (Å²) >= 11 is 1.10. The van der Waals surface area contributed by atoms with Gasteiger partial charge in [-0.05, 0) is 18.5 Å². The van der Waals surface area contributed by atoms with Crippen LogP contribution in [-0.4, -0.2) is 17.8 Å². The first-order chi connectivity index (χ1) is 4.97. The lowest BCUT2D eigenvalue weighted by Gasteiger charge is -1.88. The molecule has 1 heterocycles. The molecule has 0 atom stereocenters. The maximum Gasteiger partial charge on any atom is 0.157 e. The van der Waals surface area contributed by atoms with Crippen LogP contribution in [0.2, 0.25) is 0 Å². The SMILES string of the molecule is [CH2]S(=O)(=O)Cc1nc(C)ns1. The Bertz CT molecular complexity index is 341. The molecule has 0 aliphatic rings. The fraction of sp³-hybridized carbons (Fsp3) is 0.400. The zero-order valence-electron chi connectivity index (χ0n) is 5.94. The highest BCUT2D eigenvalue weighted by molar-refractivity contribution is 7.91. The molecule has 0 amide bonds. The molecule has 0 saturated carbocycles. The maximum atomic E-state index is 10.6. The van der Waals surface area contributed by atoms with Crippen molar-refractivity contribution in [1.29, 1.82) is 0 Å². The monoisotopic (exact) mass is 191 g/mol. The van der Waals surface area contributed by atoms with Crippen molar-refractivity contribution in [2.45, 2.75) is 12.7 Å². The van der Waals surface area contributed by atoms with Crippen LogP contribution in [0.1, 0.15) is 10.8 Å². The molecule has 0 aromatic carbocycles. The second kappa shape index (κ2) is 2.86. The molecule has 0 N–H and O–H groups in total. The standard InChI is InChI=1S/C5H7N2O2S2/c1-4-6-5(10-7-4)3-11(2,8)9/h2-3H2,1H3. The highest BCUT2D eigenvalue weighted by atomic mass is 32.2. The summed E-state index contributed by atoms with van der Waals surface area (Å²) in [4.78, 5) is 3.88. The van der Waals surface area contributed by atoms with Crippen molar-refractivity contribution in [3.05, 3.63) is 17.1 Å². The maximum absolute atomic E-state index is 10.6. The van der Waals surface area contributed by atoms with Gasteiger partial charge in [-0.15, -0.1) is 0 Å². The van der Waals surface area contributed by atoms with Crippen molar-refractivity contribution in [3.8, 4) is 0 Å². The smallest absolute Gasteiger partial charge is 0.157 e. The predicted octanol–water partition coefficient (Wildman–Crippen LogP) is 0.553. The van der Waals surface area contributed by atoms with Gasteiger partial charge in [-0.2, -0.15) is 4.37 Å². The summed E-state index contributed by atoms with van der Waals surface area (Å²) < 4.78 is 25.1. The number of nitrogens with zero attached hydrogens (tertiary/aromatic N) is 2. The Balaban J connectivity index is 2.81. The molecule has 0 aliphatic carbocycles. The molecule has 1 rings (SSSR count). The Labute approximate surface area is 69.4 Å². The molecule has 1 radical (unpaired) electrons. The van der Waals surface area contributed by atoms with Crippen molar-refractivity contribution in [2.75, 3.05) is 0 Å². The molecule has 0 bridgehead atoms. The van der Waals surface area contributed by atoms with Crippen LogP contribution in [0.5, 0.6) is 0 Å². The normalized spacial score (nSPS) is 11.8. The minimum atomic E-state index is -3.21. The summed E-state index contributed by atoms with van der Waals surface area (Å²) in [6.07, 6.45) is 2.99. The van der Waals surface area contributed by atoms with Gasteiger partial charge in [0.2, 0.25) is 0 Å². The van der Waals surface area contributed by atoms with Crippen LogP contribution in [0, 0.1) is 13.2 Å². The lowest BCUT2D eigenvalue weighted by Crippen LogP contribution is -1.97. The van der Waals surface area contributed by atoms with Crippen LogP contribution in [0.3, 0.4) is 0 Å². The molecule has 0 fully saturated rings. The molecule has 1 aromatic heterocycles. The van der Waals surface area contributed by atoms with Crippen molar-refractivity contribution >= 4 is 21.4 Å². The lowest BCUT2D eigenvalue weighted by atomic mass is 10.7. The second-order valence-corrected chi connectivity index (χ2v) is 4.74. The summed E-state index contributed by atoms with van der Waals surface area (Å²) in [5, 5.41) is 0.498. The summed E-state index contributed by atoms with van der Waals surface area (Å²) in [6.45, 7) is 1.72. The van der Waals surface area contributed by atoms with Gasteiger partial charge in [0.25, 0.3) is 0 Å². The van der Waals surface area contributed by atoms with Crippen LogP contribution in [-0.2, 0) is 15.6 Å². The van der Waals surface area contributed by atoms with Gasteiger partial charge in [0, 0.05) is 0 Å². The third-order valence-corrected chi connectivity index (χ3v) is 2.61. The van der Waals surface area contributed by atoms with E-state index in [4.69, 9.17) is 0 Å². The molecule has 0 spiro atoms. The van der Waals surface area contributed by atoms with Crippen LogP contribution in [0.4, 0.5) is 0 Å². The predicted molar refractivity (Wildman–Crippen MR) is 42.6 cm³/mol. The molecule has 1 aromatic rings. The summed E-state index contributed by atoms with van der Waals surface area (Å²) in [6, 6.07) is 0. The minimum absolute atomic E-state index is 0.113. The fourth-order valence-electron chi connectivity index (χ4n) is 0.587. The van der Waals surface area contributed by atoms with E-state index in [1.54, 1.807) is 6.92 Å². The van der Waals surface area contributed by atoms with Crippen LogP contribution in [0.15, 0.2) is 0 Å². The van der Waals surface area contributed by atoms with Crippen LogP contribution < -0.4 is 0 Å². The number of rotatable bonds is 2. The van der Waals surface area contributed by atoms with E-state index in [1.807, 2.05) is 0 Å². The first-order valence-corrected chi connectivity index (χ1v) is 5.42. The Morgan fingerprint density at radius 3 is 2.64 bits per heavy atom. The zero-order valence-corrected chi connectivity index (χ0v) is 7.57. The van der Waals surface area contributed by atoms with Crippen molar-refractivity contribution in [1.82, 2.24) is 9.36 Å². The molecule has 6 heteroatoms. The van der Waals surface area contributed by atoms with Crippen molar-refractivity contribution in [2.24, 2.45) is 0 Å². The van der Waals surface area contributed by atoms with E-state index in [9.17, 15) is 8.42 Å². The third-order valence-electron chi connectivity index (χ3n) is 0.913. The Morgan fingerprint density at radius 2 is 2.27 bits per heavy atom. The zero-order chi connectivity index (χ0) is 8.48. The highest BCUT2D eigenvalue weighted by Gasteiger charge is 2.08. The quantitative estimate of drug-likeness (QED) is 0.685. The first kappa shape index (κ1) is 8.61. The number of aryl methyl sites for hydroxylation is 1.